The number of likely N-dealkylation sites (N-methyl/N-ethyl adjacent to an activating group) is 1. The van der Waals surface area contributed by atoms with E-state index in [1.54, 1.807) is 7.05 Å². The molecule has 2 amide bonds. The van der Waals surface area contributed by atoms with E-state index in [0.717, 1.165) is 42.6 Å². The molecule has 1 N–H and O–H groups in total. The molecule has 7 heteroatoms. The minimum absolute atomic E-state index is 0.0293. The Labute approximate surface area is 167 Å². The van der Waals surface area contributed by atoms with E-state index in [4.69, 9.17) is 9.47 Å². The maximum Gasteiger partial charge on any atom is 0.243 e. The molecule has 0 radical (unpaired) electrons. The van der Waals surface area contributed by atoms with Crippen molar-refractivity contribution < 1.29 is 19.1 Å². The Kier molecular flexibility index (Phi) is 7.04. The van der Waals surface area contributed by atoms with Crippen LogP contribution in [0, 0.1) is 13.8 Å². The van der Waals surface area contributed by atoms with Crippen molar-refractivity contribution in [2.75, 3.05) is 45.2 Å². The highest BCUT2D eigenvalue weighted by atomic mass is 16.7. The average molecular weight is 389 g/mol. The molecule has 2 heterocycles. The standard InChI is InChI=1S/C21H31N3O4/c1-15-7-6-8-16(2)20(15)22-18(25)13-23(3)19(26)14-24-10-5-4-9-17(24)21-27-11-12-28-21/h6-8,17,21H,4-5,9-14H2,1-3H3,(H,22,25). The maximum atomic E-state index is 12.7. The summed E-state index contributed by atoms with van der Waals surface area (Å²) < 4.78 is 11.3. The molecule has 7 nitrogen and oxygen atoms in total. The molecular weight excluding hydrogens is 358 g/mol. The van der Waals surface area contributed by atoms with Gasteiger partial charge in [0.05, 0.1) is 32.3 Å². The number of carbonyl (C=O) groups is 2. The number of likely N-dealkylation sites (tertiary alicyclic amines) is 1. The molecule has 0 aliphatic carbocycles. The second kappa shape index (κ2) is 9.49. The number of carbonyl (C=O) groups excluding carboxylic acids is 2. The van der Waals surface area contributed by atoms with Crippen LogP contribution in [0.3, 0.4) is 0 Å². The zero-order chi connectivity index (χ0) is 20.1. The molecule has 154 valence electrons. The van der Waals surface area contributed by atoms with Gasteiger partial charge in [-0.05, 0) is 44.4 Å². The van der Waals surface area contributed by atoms with Gasteiger partial charge in [-0.2, -0.15) is 0 Å². The second-order valence-electron chi connectivity index (χ2n) is 7.71. The van der Waals surface area contributed by atoms with E-state index in [0.29, 0.717) is 13.2 Å². The Balaban J connectivity index is 1.54. The van der Waals surface area contributed by atoms with Gasteiger partial charge in [-0.15, -0.1) is 0 Å². The Hall–Kier alpha value is -1.96. The van der Waals surface area contributed by atoms with E-state index in [-0.39, 0.29) is 37.2 Å². The predicted octanol–water partition coefficient (Wildman–Crippen LogP) is 1.93. The molecule has 28 heavy (non-hydrogen) atoms. The number of hydrogen-bond donors (Lipinski definition) is 1. The first-order valence-corrected chi connectivity index (χ1v) is 10.0. The first-order chi connectivity index (χ1) is 13.5. The summed E-state index contributed by atoms with van der Waals surface area (Å²) in [5.41, 5.74) is 2.84. The molecule has 1 unspecified atom stereocenters. The molecule has 0 saturated carbocycles. The van der Waals surface area contributed by atoms with Crippen LogP contribution in [0.4, 0.5) is 5.69 Å². The van der Waals surface area contributed by atoms with Crippen molar-refractivity contribution in [3.8, 4) is 0 Å². The highest BCUT2D eigenvalue weighted by Crippen LogP contribution is 2.24. The number of ether oxygens (including phenoxy) is 2. The Morgan fingerprint density at radius 1 is 1.18 bits per heavy atom. The molecule has 2 fully saturated rings. The summed E-state index contributed by atoms with van der Waals surface area (Å²) in [5, 5.41) is 2.94. The minimum atomic E-state index is -0.245. The zero-order valence-corrected chi connectivity index (χ0v) is 17.1. The van der Waals surface area contributed by atoms with Gasteiger partial charge in [0.2, 0.25) is 11.8 Å². The van der Waals surface area contributed by atoms with Gasteiger partial charge in [-0.25, -0.2) is 0 Å². The molecule has 2 aliphatic rings. The third kappa shape index (κ3) is 5.10. The summed E-state index contributed by atoms with van der Waals surface area (Å²) in [4.78, 5) is 28.8. The molecule has 1 atom stereocenters. The minimum Gasteiger partial charge on any atom is -0.349 e. The van der Waals surface area contributed by atoms with E-state index in [9.17, 15) is 9.59 Å². The number of benzene rings is 1. The number of hydrogen-bond acceptors (Lipinski definition) is 5. The van der Waals surface area contributed by atoms with Crippen LogP contribution in [0.5, 0.6) is 0 Å². The predicted molar refractivity (Wildman–Crippen MR) is 107 cm³/mol. The third-order valence-electron chi connectivity index (χ3n) is 5.52. The highest BCUT2D eigenvalue weighted by molar-refractivity contribution is 5.95. The average Bonchev–Trinajstić information content (AvgIpc) is 3.20. The van der Waals surface area contributed by atoms with E-state index in [2.05, 4.69) is 10.2 Å². The Morgan fingerprint density at radius 3 is 2.54 bits per heavy atom. The normalized spacial score (nSPS) is 20.9. The highest BCUT2D eigenvalue weighted by Gasteiger charge is 2.35. The molecule has 1 aromatic carbocycles. The molecule has 3 rings (SSSR count). The summed E-state index contributed by atoms with van der Waals surface area (Å²) in [6.07, 6.45) is 2.90. The summed E-state index contributed by atoms with van der Waals surface area (Å²) in [5.74, 6) is -0.257. The van der Waals surface area contributed by atoms with Gasteiger partial charge in [0.25, 0.3) is 0 Å². The number of anilines is 1. The first kappa shape index (κ1) is 20.8. The molecule has 2 saturated heterocycles. The van der Waals surface area contributed by atoms with Crippen LogP contribution in [-0.4, -0.2) is 73.8 Å². The zero-order valence-electron chi connectivity index (χ0n) is 17.1. The van der Waals surface area contributed by atoms with Gasteiger partial charge in [0, 0.05) is 12.7 Å². The van der Waals surface area contributed by atoms with Crippen molar-refractivity contribution in [2.24, 2.45) is 0 Å². The molecule has 0 spiro atoms. The van der Waals surface area contributed by atoms with Crippen LogP contribution in [0.2, 0.25) is 0 Å². The fourth-order valence-corrected chi connectivity index (χ4v) is 3.91. The van der Waals surface area contributed by atoms with Gasteiger partial charge >= 0.3 is 0 Å². The fourth-order valence-electron chi connectivity index (χ4n) is 3.91. The lowest BCUT2D eigenvalue weighted by atomic mass is 10.0. The largest absolute Gasteiger partial charge is 0.349 e. The van der Waals surface area contributed by atoms with Crippen molar-refractivity contribution in [1.82, 2.24) is 9.80 Å². The number of nitrogens with zero attached hydrogens (tertiary/aromatic N) is 2. The van der Waals surface area contributed by atoms with Crippen LogP contribution in [0.15, 0.2) is 18.2 Å². The van der Waals surface area contributed by atoms with Crippen LogP contribution >= 0.6 is 0 Å². The number of piperidine rings is 1. The number of nitrogens with one attached hydrogen (secondary N) is 1. The Morgan fingerprint density at radius 2 is 1.86 bits per heavy atom. The molecule has 0 bridgehead atoms. The van der Waals surface area contributed by atoms with Crippen molar-refractivity contribution in [3.63, 3.8) is 0 Å². The van der Waals surface area contributed by atoms with E-state index in [1.807, 2.05) is 32.0 Å². The lowest BCUT2D eigenvalue weighted by Crippen LogP contribution is -2.51. The molecule has 2 aliphatic heterocycles. The van der Waals surface area contributed by atoms with Gasteiger partial charge in [-0.1, -0.05) is 24.6 Å². The quantitative estimate of drug-likeness (QED) is 0.805. The monoisotopic (exact) mass is 389 g/mol. The van der Waals surface area contributed by atoms with Gasteiger partial charge in [0.1, 0.15) is 0 Å². The molecule has 0 aromatic heterocycles. The fraction of sp³-hybridized carbons (Fsp3) is 0.619. The first-order valence-electron chi connectivity index (χ1n) is 10.0. The van der Waals surface area contributed by atoms with E-state index in [1.165, 1.54) is 4.90 Å². The van der Waals surface area contributed by atoms with Crippen LogP contribution in [-0.2, 0) is 19.1 Å². The third-order valence-corrected chi connectivity index (χ3v) is 5.52. The molecule has 1 aromatic rings. The maximum absolute atomic E-state index is 12.7. The van der Waals surface area contributed by atoms with Crippen LogP contribution in [0.1, 0.15) is 30.4 Å². The smallest absolute Gasteiger partial charge is 0.243 e. The van der Waals surface area contributed by atoms with Crippen molar-refractivity contribution in [3.05, 3.63) is 29.3 Å². The number of amides is 2. The molecular formula is C21H31N3O4. The lowest BCUT2D eigenvalue weighted by Gasteiger charge is -2.38. The van der Waals surface area contributed by atoms with Crippen molar-refractivity contribution in [2.45, 2.75) is 45.4 Å². The summed E-state index contributed by atoms with van der Waals surface area (Å²) in [6, 6.07) is 5.99. The van der Waals surface area contributed by atoms with Gasteiger partial charge < -0.3 is 19.7 Å². The van der Waals surface area contributed by atoms with Crippen molar-refractivity contribution in [1.29, 1.82) is 0 Å². The Bertz CT molecular complexity index is 683. The van der Waals surface area contributed by atoms with Gasteiger partial charge in [0.15, 0.2) is 6.29 Å². The summed E-state index contributed by atoms with van der Waals surface area (Å²) in [6.45, 7) is 6.30. The SMILES string of the molecule is Cc1cccc(C)c1NC(=O)CN(C)C(=O)CN1CCCCC1C1OCCO1. The van der Waals surface area contributed by atoms with E-state index >= 15 is 0 Å². The topological polar surface area (TPSA) is 71.1 Å². The second-order valence-corrected chi connectivity index (χ2v) is 7.71. The van der Waals surface area contributed by atoms with Crippen molar-refractivity contribution >= 4 is 17.5 Å². The van der Waals surface area contributed by atoms with Gasteiger partial charge in [-0.3, -0.25) is 14.5 Å². The summed E-state index contributed by atoms with van der Waals surface area (Å²) in [7, 11) is 1.67. The number of rotatable bonds is 6. The number of aryl methyl sites for hydroxylation is 2. The van der Waals surface area contributed by atoms with Crippen LogP contribution in [0.25, 0.3) is 0 Å². The van der Waals surface area contributed by atoms with E-state index < -0.39 is 0 Å². The summed E-state index contributed by atoms with van der Waals surface area (Å²) >= 11 is 0. The lowest BCUT2D eigenvalue weighted by molar-refractivity contribution is -0.140. The number of para-hydroxylation sites is 1. The van der Waals surface area contributed by atoms with Crippen LogP contribution < -0.4 is 5.32 Å².